The Labute approximate surface area is 107 Å². The van der Waals surface area contributed by atoms with E-state index in [9.17, 15) is 8.42 Å². The van der Waals surface area contributed by atoms with E-state index in [1.165, 1.54) is 6.26 Å². The van der Waals surface area contributed by atoms with Gasteiger partial charge in [0.25, 0.3) is 0 Å². The Morgan fingerprint density at radius 1 is 1.17 bits per heavy atom. The van der Waals surface area contributed by atoms with E-state index < -0.39 is 9.84 Å². The van der Waals surface area contributed by atoms with Crippen molar-refractivity contribution in [3.63, 3.8) is 0 Å². The number of aryl methyl sites for hydroxylation is 1. The van der Waals surface area contributed by atoms with Gasteiger partial charge in [-0.2, -0.15) is 0 Å². The maximum absolute atomic E-state index is 11.3. The lowest BCUT2D eigenvalue weighted by Gasteiger charge is -2.06. The minimum Gasteiger partial charge on any atom is -0.240 e. The molecule has 0 saturated carbocycles. The first-order valence-electron chi connectivity index (χ1n) is 5.51. The Morgan fingerprint density at radius 3 is 2.44 bits per heavy atom. The minimum absolute atomic E-state index is 0.132. The van der Waals surface area contributed by atoms with Crippen molar-refractivity contribution in [2.75, 3.05) is 6.26 Å². The van der Waals surface area contributed by atoms with E-state index in [0.29, 0.717) is 5.82 Å². The normalized spacial score (nSPS) is 11.4. The smallest absolute Gasteiger partial charge is 0.154 e. The molecule has 0 atom stereocenters. The summed E-state index contributed by atoms with van der Waals surface area (Å²) in [5.74, 6) is 0.203. The molecule has 0 radical (unpaired) electrons. The van der Waals surface area contributed by atoms with E-state index >= 15 is 0 Å². The van der Waals surface area contributed by atoms with Crippen molar-refractivity contribution in [2.45, 2.75) is 12.7 Å². The highest BCUT2D eigenvalue weighted by molar-refractivity contribution is 7.89. The summed E-state index contributed by atoms with van der Waals surface area (Å²) in [6, 6.07) is 9.66. The maximum Gasteiger partial charge on any atom is 0.154 e. The van der Waals surface area contributed by atoms with Crippen LogP contribution in [-0.4, -0.2) is 24.6 Å². The van der Waals surface area contributed by atoms with Crippen LogP contribution in [0.5, 0.6) is 0 Å². The molecule has 0 N–H and O–H groups in total. The van der Waals surface area contributed by atoms with Gasteiger partial charge in [0.05, 0.1) is 5.69 Å². The Hall–Kier alpha value is -1.75. The highest BCUT2D eigenvalue weighted by Gasteiger charge is 2.10. The summed E-state index contributed by atoms with van der Waals surface area (Å²) in [4.78, 5) is 8.40. The molecule has 0 aliphatic rings. The molecule has 0 saturated heterocycles. The molecular formula is C13H14N2O2S. The van der Waals surface area contributed by atoms with Crippen LogP contribution in [0.2, 0.25) is 0 Å². The van der Waals surface area contributed by atoms with Crippen LogP contribution >= 0.6 is 0 Å². The summed E-state index contributed by atoms with van der Waals surface area (Å²) in [6.45, 7) is 1.91. The fraction of sp³-hybridized carbons (Fsp3) is 0.231. The van der Waals surface area contributed by atoms with Crippen LogP contribution in [0.15, 0.2) is 36.5 Å². The number of rotatable bonds is 3. The third-order valence-electron chi connectivity index (χ3n) is 2.46. The van der Waals surface area contributed by atoms with Crippen molar-refractivity contribution < 1.29 is 8.42 Å². The van der Waals surface area contributed by atoms with Gasteiger partial charge in [-0.25, -0.2) is 18.4 Å². The minimum atomic E-state index is -3.11. The first kappa shape index (κ1) is 12.7. The zero-order chi connectivity index (χ0) is 13.2. The van der Waals surface area contributed by atoms with Crippen molar-refractivity contribution in [3.05, 3.63) is 47.9 Å². The van der Waals surface area contributed by atoms with E-state index in [-0.39, 0.29) is 5.75 Å². The van der Waals surface area contributed by atoms with Gasteiger partial charge in [-0.1, -0.05) is 30.3 Å². The first-order chi connectivity index (χ1) is 8.46. The van der Waals surface area contributed by atoms with Gasteiger partial charge in [0.2, 0.25) is 0 Å². The van der Waals surface area contributed by atoms with Gasteiger partial charge in [-0.05, 0) is 12.5 Å². The second-order valence-electron chi connectivity index (χ2n) is 4.25. The molecular weight excluding hydrogens is 248 g/mol. The lowest BCUT2D eigenvalue weighted by molar-refractivity contribution is 0.599. The van der Waals surface area contributed by atoms with Gasteiger partial charge in [-0.15, -0.1) is 0 Å². The molecule has 1 aromatic carbocycles. The topological polar surface area (TPSA) is 59.9 Å². The van der Waals surface area contributed by atoms with Gasteiger partial charge in [0, 0.05) is 18.0 Å². The molecule has 1 heterocycles. The second kappa shape index (κ2) is 4.86. The number of hydrogen-bond acceptors (Lipinski definition) is 4. The number of nitrogens with zero attached hydrogens (tertiary/aromatic N) is 2. The molecule has 94 valence electrons. The lowest BCUT2D eigenvalue weighted by Crippen LogP contribution is -2.06. The average Bonchev–Trinajstić information content (AvgIpc) is 2.31. The highest BCUT2D eigenvalue weighted by Crippen LogP contribution is 2.20. The predicted octanol–water partition coefficient (Wildman–Crippen LogP) is 2.00. The van der Waals surface area contributed by atoms with Crippen LogP contribution in [0.4, 0.5) is 0 Å². The zero-order valence-corrected chi connectivity index (χ0v) is 11.1. The molecule has 18 heavy (non-hydrogen) atoms. The predicted molar refractivity (Wildman–Crippen MR) is 70.8 cm³/mol. The van der Waals surface area contributed by atoms with Crippen molar-refractivity contribution in [3.8, 4) is 11.3 Å². The highest BCUT2D eigenvalue weighted by atomic mass is 32.2. The van der Waals surface area contributed by atoms with Crippen LogP contribution in [0.1, 0.15) is 11.4 Å². The van der Waals surface area contributed by atoms with Crippen LogP contribution < -0.4 is 0 Å². The quantitative estimate of drug-likeness (QED) is 0.848. The molecule has 0 fully saturated rings. The Bertz CT molecular complexity index is 652. The lowest BCUT2D eigenvalue weighted by atomic mass is 10.1. The Balaban J connectivity index is 2.46. The van der Waals surface area contributed by atoms with Crippen LogP contribution in [0.3, 0.4) is 0 Å². The third-order valence-corrected chi connectivity index (χ3v) is 3.24. The molecule has 0 aliphatic heterocycles. The zero-order valence-electron chi connectivity index (χ0n) is 10.3. The molecule has 0 spiro atoms. The number of sulfone groups is 1. The van der Waals surface area contributed by atoms with E-state index in [0.717, 1.165) is 16.8 Å². The van der Waals surface area contributed by atoms with E-state index in [1.54, 1.807) is 6.20 Å². The van der Waals surface area contributed by atoms with Gasteiger partial charge in [0.15, 0.2) is 9.84 Å². The number of hydrogen-bond donors (Lipinski definition) is 0. The molecule has 5 heteroatoms. The fourth-order valence-corrected chi connectivity index (χ4v) is 2.28. The van der Waals surface area contributed by atoms with E-state index in [2.05, 4.69) is 9.97 Å². The van der Waals surface area contributed by atoms with Crippen molar-refractivity contribution >= 4 is 9.84 Å². The van der Waals surface area contributed by atoms with Crippen molar-refractivity contribution in [1.29, 1.82) is 0 Å². The number of benzene rings is 1. The molecule has 0 unspecified atom stereocenters. The van der Waals surface area contributed by atoms with Crippen molar-refractivity contribution in [1.82, 2.24) is 9.97 Å². The molecule has 0 aliphatic carbocycles. The fourth-order valence-electron chi connectivity index (χ4n) is 1.67. The number of aromatic nitrogens is 2. The second-order valence-corrected chi connectivity index (χ2v) is 6.39. The van der Waals surface area contributed by atoms with E-state index in [1.807, 2.05) is 37.3 Å². The summed E-state index contributed by atoms with van der Waals surface area (Å²) in [7, 11) is -3.11. The summed E-state index contributed by atoms with van der Waals surface area (Å²) < 4.78 is 22.5. The average molecular weight is 262 g/mol. The SMILES string of the molecule is Cc1cnc(CS(C)(=O)=O)nc1-c1ccccc1. The molecule has 4 nitrogen and oxygen atoms in total. The Kier molecular flexibility index (Phi) is 3.43. The van der Waals surface area contributed by atoms with Crippen LogP contribution in [-0.2, 0) is 15.6 Å². The Morgan fingerprint density at radius 2 is 1.83 bits per heavy atom. The molecule has 0 amide bonds. The largest absolute Gasteiger partial charge is 0.240 e. The van der Waals surface area contributed by atoms with Crippen LogP contribution in [0, 0.1) is 6.92 Å². The third kappa shape index (κ3) is 3.13. The van der Waals surface area contributed by atoms with Gasteiger partial charge in [0.1, 0.15) is 11.6 Å². The standard InChI is InChI=1S/C13H14N2O2S/c1-10-8-14-12(9-18(2,16)17)15-13(10)11-6-4-3-5-7-11/h3-8H,9H2,1-2H3. The summed E-state index contributed by atoms with van der Waals surface area (Å²) in [6.07, 6.45) is 2.84. The molecule has 1 aromatic heterocycles. The maximum atomic E-state index is 11.3. The van der Waals surface area contributed by atoms with Crippen LogP contribution in [0.25, 0.3) is 11.3 Å². The molecule has 2 rings (SSSR count). The van der Waals surface area contributed by atoms with E-state index in [4.69, 9.17) is 0 Å². The monoisotopic (exact) mass is 262 g/mol. The first-order valence-corrected chi connectivity index (χ1v) is 7.57. The molecule has 2 aromatic rings. The van der Waals surface area contributed by atoms with Gasteiger partial charge >= 0.3 is 0 Å². The van der Waals surface area contributed by atoms with Gasteiger partial charge in [-0.3, -0.25) is 0 Å². The summed E-state index contributed by atoms with van der Waals surface area (Å²) in [5.41, 5.74) is 2.68. The summed E-state index contributed by atoms with van der Waals surface area (Å²) >= 11 is 0. The van der Waals surface area contributed by atoms with Crippen molar-refractivity contribution in [2.24, 2.45) is 0 Å². The molecule has 0 bridgehead atoms. The van der Waals surface area contributed by atoms with Gasteiger partial charge < -0.3 is 0 Å². The summed E-state index contributed by atoms with van der Waals surface area (Å²) in [5, 5.41) is 0.